The van der Waals surface area contributed by atoms with Gasteiger partial charge in [0.2, 0.25) is 0 Å². The molecule has 7 heteroatoms. The van der Waals surface area contributed by atoms with E-state index in [1.165, 1.54) is 45.0 Å². The Labute approximate surface area is 117 Å². The first-order valence-electron chi connectivity index (χ1n) is 6.04. The Morgan fingerprint density at radius 2 is 1.70 bits per heavy atom. The van der Waals surface area contributed by atoms with Gasteiger partial charge in [0, 0.05) is 0 Å². The number of carboxylic acid groups (broad SMARTS) is 1. The molecule has 1 rings (SSSR count). The summed E-state index contributed by atoms with van der Waals surface area (Å²) in [5.41, 5.74) is -0.0469. The Hall–Kier alpha value is -1.89. The highest BCUT2D eigenvalue weighted by atomic mass is 32.2. The van der Waals surface area contributed by atoms with Crippen molar-refractivity contribution in [1.29, 1.82) is 0 Å². The Balaban J connectivity index is 3.21. The van der Waals surface area contributed by atoms with Crippen molar-refractivity contribution in [1.82, 2.24) is 5.32 Å². The van der Waals surface area contributed by atoms with E-state index in [9.17, 15) is 18.0 Å². The molecule has 0 aliphatic rings. The number of carboxylic acids is 1. The summed E-state index contributed by atoms with van der Waals surface area (Å²) < 4.78 is 24.4. The van der Waals surface area contributed by atoms with Crippen LogP contribution in [0.25, 0.3) is 0 Å². The van der Waals surface area contributed by atoms with Crippen LogP contribution in [-0.2, 0) is 14.6 Å². The molecule has 20 heavy (non-hydrogen) atoms. The van der Waals surface area contributed by atoms with E-state index >= 15 is 0 Å². The summed E-state index contributed by atoms with van der Waals surface area (Å²) in [7, 11) is -3.62. The van der Waals surface area contributed by atoms with Gasteiger partial charge in [-0.25, -0.2) is 8.42 Å². The van der Waals surface area contributed by atoms with Crippen LogP contribution < -0.4 is 5.32 Å². The number of hydrogen-bond donors (Lipinski definition) is 2. The van der Waals surface area contributed by atoms with Crippen LogP contribution in [0.15, 0.2) is 29.2 Å². The fraction of sp³-hybridized carbons (Fsp3) is 0.385. The minimum atomic E-state index is -3.62. The van der Waals surface area contributed by atoms with Crippen LogP contribution in [0.5, 0.6) is 0 Å². The van der Waals surface area contributed by atoms with E-state index in [0.29, 0.717) is 0 Å². The summed E-state index contributed by atoms with van der Waals surface area (Å²) in [6.07, 6.45) is 0. The first kappa shape index (κ1) is 16.2. The van der Waals surface area contributed by atoms with Crippen molar-refractivity contribution < 1.29 is 23.1 Å². The molecule has 0 heterocycles. The lowest BCUT2D eigenvalue weighted by Crippen LogP contribution is -2.39. The van der Waals surface area contributed by atoms with E-state index in [2.05, 4.69) is 5.32 Å². The van der Waals surface area contributed by atoms with Crippen LogP contribution in [0, 0.1) is 0 Å². The standard InChI is InChI=1S/C13H17NO5S/c1-8(2)20(18,19)11-7-5-4-6-10(11)12(15)14-9(3)13(16)17/h4-9H,1-3H3,(H,14,15)(H,16,17)/t9-/m1/s1. The predicted octanol–water partition coefficient (Wildman–Crippen LogP) is 1.07. The van der Waals surface area contributed by atoms with Gasteiger partial charge in [-0.3, -0.25) is 9.59 Å². The fourth-order valence-corrected chi connectivity index (χ4v) is 2.74. The van der Waals surface area contributed by atoms with Crippen molar-refractivity contribution in [2.75, 3.05) is 0 Å². The number of sulfone groups is 1. The molecule has 6 nitrogen and oxygen atoms in total. The van der Waals surface area contributed by atoms with Crippen LogP contribution in [0.2, 0.25) is 0 Å². The second-order valence-electron chi connectivity index (χ2n) is 4.62. The van der Waals surface area contributed by atoms with Gasteiger partial charge in [-0.05, 0) is 32.9 Å². The molecule has 2 N–H and O–H groups in total. The summed E-state index contributed by atoms with van der Waals surface area (Å²) in [6.45, 7) is 4.34. The number of carbonyl (C=O) groups is 2. The van der Waals surface area contributed by atoms with E-state index in [-0.39, 0.29) is 10.5 Å². The van der Waals surface area contributed by atoms with Crippen molar-refractivity contribution in [2.45, 2.75) is 37.0 Å². The van der Waals surface area contributed by atoms with Gasteiger partial charge in [-0.15, -0.1) is 0 Å². The summed E-state index contributed by atoms with van der Waals surface area (Å²) in [4.78, 5) is 22.6. The van der Waals surface area contributed by atoms with Crippen molar-refractivity contribution >= 4 is 21.7 Å². The second kappa shape index (κ2) is 6.04. The van der Waals surface area contributed by atoms with Crippen molar-refractivity contribution in [3.63, 3.8) is 0 Å². The SMILES string of the molecule is CC(C)S(=O)(=O)c1ccccc1C(=O)N[C@H](C)C(=O)O. The van der Waals surface area contributed by atoms with E-state index in [1.807, 2.05) is 0 Å². The number of aliphatic carboxylic acids is 1. The highest BCUT2D eigenvalue weighted by Gasteiger charge is 2.26. The summed E-state index contributed by atoms with van der Waals surface area (Å²) in [6, 6.07) is 4.65. The van der Waals surface area contributed by atoms with Gasteiger partial charge in [-0.2, -0.15) is 0 Å². The number of hydrogen-bond acceptors (Lipinski definition) is 4. The van der Waals surface area contributed by atoms with E-state index in [0.717, 1.165) is 0 Å². The molecule has 0 bridgehead atoms. The molecule has 1 amide bonds. The topological polar surface area (TPSA) is 101 Å². The van der Waals surface area contributed by atoms with Gasteiger partial charge < -0.3 is 10.4 Å². The molecule has 0 aromatic heterocycles. The summed E-state index contributed by atoms with van der Waals surface area (Å²) in [5.74, 6) is -1.91. The molecule has 0 saturated heterocycles. The lowest BCUT2D eigenvalue weighted by atomic mass is 10.2. The first-order valence-corrected chi connectivity index (χ1v) is 7.59. The molecule has 0 aliphatic carbocycles. The maximum absolute atomic E-state index is 12.2. The van der Waals surface area contributed by atoms with Crippen LogP contribution in [0.4, 0.5) is 0 Å². The maximum atomic E-state index is 12.2. The molecule has 110 valence electrons. The van der Waals surface area contributed by atoms with Gasteiger partial charge in [0.1, 0.15) is 6.04 Å². The number of nitrogens with one attached hydrogen (secondary N) is 1. The average Bonchev–Trinajstić information content (AvgIpc) is 2.38. The van der Waals surface area contributed by atoms with E-state index < -0.39 is 33.0 Å². The highest BCUT2D eigenvalue weighted by molar-refractivity contribution is 7.92. The lowest BCUT2D eigenvalue weighted by molar-refractivity contribution is -0.138. The Morgan fingerprint density at radius 3 is 2.20 bits per heavy atom. The average molecular weight is 299 g/mol. The second-order valence-corrected chi connectivity index (χ2v) is 7.10. The molecule has 1 aromatic rings. The van der Waals surface area contributed by atoms with Crippen molar-refractivity contribution in [3.8, 4) is 0 Å². The third-order valence-corrected chi connectivity index (χ3v) is 4.99. The number of carbonyl (C=O) groups excluding carboxylic acids is 1. The molecular weight excluding hydrogens is 282 g/mol. The molecule has 0 radical (unpaired) electrons. The fourth-order valence-electron chi connectivity index (χ4n) is 1.49. The minimum Gasteiger partial charge on any atom is -0.480 e. The highest BCUT2D eigenvalue weighted by Crippen LogP contribution is 2.20. The summed E-state index contributed by atoms with van der Waals surface area (Å²) in [5, 5.41) is 10.3. The third kappa shape index (κ3) is 3.36. The monoisotopic (exact) mass is 299 g/mol. The lowest BCUT2D eigenvalue weighted by Gasteiger charge is -2.14. The zero-order valence-corrected chi connectivity index (χ0v) is 12.3. The van der Waals surface area contributed by atoms with Gasteiger partial charge in [-0.1, -0.05) is 12.1 Å². The molecule has 0 fully saturated rings. The summed E-state index contributed by atoms with van der Waals surface area (Å²) >= 11 is 0. The van der Waals surface area contributed by atoms with Crippen LogP contribution in [0.1, 0.15) is 31.1 Å². The molecule has 0 spiro atoms. The van der Waals surface area contributed by atoms with E-state index in [4.69, 9.17) is 5.11 Å². The van der Waals surface area contributed by atoms with Gasteiger partial charge in [0.25, 0.3) is 5.91 Å². The molecular formula is C13H17NO5S. The van der Waals surface area contributed by atoms with Crippen molar-refractivity contribution in [3.05, 3.63) is 29.8 Å². The minimum absolute atomic E-state index is 0.0469. The Morgan fingerprint density at radius 1 is 1.15 bits per heavy atom. The van der Waals surface area contributed by atoms with Crippen LogP contribution >= 0.6 is 0 Å². The first-order chi connectivity index (χ1) is 9.17. The number of benzene rings is 1. The smallest absolute Gasteiger partial charge is 0.325 e. The quantitative estimate of drug-likeness (QED) is 0.847. The van der Waals surface area contributed by atoms with Crippen LogP contribution in [-0.4, -0.2) is 36.7 Å². The normalized spacial score (nSPS) is 13.0. The molecule has 0 saturated carbocycles. The van der Waals surface area contributed by atoms with Crippen LogP contribution in [0.3, 0.4) is 0 Å². The molecule has 1 atom stereocenters. The van der Waals surface area contributed by atoms with Gasteiger partial charge >= 0.3 is 5.97 Å². The maximum Gasteiger partial charge on any atom is 0.325 e. The zero-order valence-electron chi connectivity index (χ0n) is 11.5. The zero-order chi connectivity index (χ0) is 15.5. The number of rotatable bonds is 5. The third-order valence-electron chi connectivity index (χ3n) is 2.78. The van der Waals surface area contributed by atoms with E-state index in [1.54, 1.807) is 0 Å². The molecule has 1 aromatic carbocycles. The largest absolute Gasteiger partial charge is 0.480 e. The van der Waals surface area contributed by atoms with Crippen molar-refractivity contribution in [2.24, 2.45) is 0 Å². The molecule has 0 aliphatic heterocycles. The molecule has 0 unspecified atom stereocenters. The van der Waals surface area contributed by atoms with Gasteiger partial charge in [0.05, 0.1) is 15.7 Å². The number of amides is 1. The van der Waals surface area contributed by atoms with Gasteiger partial charge in [0.15, 0.2) is 9.84 Å². The Bertz CT molecular complexity index is 621. The predicted molar refractivity (Wildman–Crippen MR) is 73.3 cm³/mol. The Kier molecular flexibility index (Phi) is 4.88.